The van der Waals surface area contributed by atoms with Crippen LogP contribution >= 0.6 is 11.3 Å². The van der Waals surface area contributed by atoms with Crippen LogP contribution in [0.15, 0.2) is 66.0 Å². The monoisotopic (exact) mass is 360 g/mol. The number of methoxy groups -OCH3 is 1. The van der Waals surface area contributed by atoms with E-state index in [4.69, 9.17) is 9.84 Å². The number of thiophene rings is 1. The molecule has 4 rings (SSSR count). The fraction of sp³-hybridized carbons (Fsp3) is 0.136. The summed E-state index contributed by atoms with van der Waals surface area (Å²) in [5.74, 6) is 0.841. The Balaban J connectivity index is 1.89. The van der Waals surface area contributed by atoms with Gasteiger partial charge in [-0.3, -0.25) is 0 Å². The van der Waals surface area contributed by atoms with E-state index in [0.29, 0.717) is 0 Å². The molecule has 0 saturated carbocycles. The molecule has 0 radical (unpaired) electrons. The van der Waals surface area contributed by atoms with E-state index in [1.54, 1.807) is 18.4 Å². The van der Waals surface area contributed by atoms with Crippen LogP contribution in [0, 0.1) is 13.8 Å². The lowest BCUT2D eigenvalue weighted by Gasteiger charge is -2.07. The Morgan fingerprint density at radius 1 is 0.962 bits per heavy atom. The van der Waals surface area contributed by atoms with Crippen molar-refractivity contribution >= 4 is 11.3 Å². The van der Waals surface area contributed by atoms with Gasteiger partial charge in [0.05, 0.1) is 29.1 Å². The Bertz CT molecular complexity index is 1030. The van der Waals surface area contributed by atoms with Crippen molar-refractivity contribution in [2.45, 2.75) is 13.8 Å². The first-order chi connectivity index (χ1) is 12.7. The summed E-state index contributed by atoms with van der Waals surface area (Å²) in [5.41, 5.74) is 6.75. The number of benzene rings is 2. The lowest BCUT2D eigenvalue weighted by molar-refractivity contribution is 0.414. The Morgan fingerprint density at radius 2 is 1.77 bits per heavy atom. The molecular weight excluding hydrogens is 340 g/mol. The molecule has 130 valence electrons. The molecule has 0 N–H and O–H groups in total. The van der Waals surface area contributed by atoms with Gasteiger partial charge in [-0.15, -0.1) is 11.3 Å². The molecule has 3 nitrogen and oxygen atoms in total. The van der Waals surface area contributed by atoms with E-state index in [2.05, 4.69) is 55.6 Å². The van der Waals surface area contributed by atoms with Gasteiger partial charge in [0.1, 0.15) is 5.75 Å². The maximum Gasteiger partial charge on any atom is 0.119 e. The molecule has 0 amide bonds. The van der Waals surface area contributed by atoms with Crippen LogP contribution in [0.4, 0.5) is 0 Å². The number of aromatic nitrogens is 2. The summed E-state index contributed by atoms with van der Waals surface area (Å²) < 4.78 is 7.30. The maximum atomic E-state index is 5.28. The molecular formula is C22H20N2OS. The van der Waals surface area contributed by atoms with Crippen LogP contribution in [0.2, 0.25) is 0 Å². The molecule has 0 fully saturated rings. The number of rotatable bonds is 4. The molecule has 0 bridgehead atoms. The number of nitrogens with zero attached hydrogens (tertiary/aromatic N) is 2. The van der Waals surface area contributed by atoms with Crippen molar-refractivity contribution in [3.8, 4) is 33.3 Å². The van der Waals surface area contributed by atoms with Gasteiger partial charge in [-0.2, -0.15) is 5.10 Å². The molecule has 0 aliphatic carbocycles. The van der Waals surface area contributed by atoms with Crippen molar-refractivity contribution < 1.29 is 4.74 Å². The summed E-state index contributed by atoms with van der Waals surface area (Å²) in [6.07, 6.45) is 0. The zero-order chi connectivity index (χ0) is 18.1. The van der Waals surface area contributed by atoms with Crippen LogP contribution in [0.25, 0.3) is 27.5 Å². The van der Waals surface area contributed by atoms with E-state index >= 15 is 0 Å². The van der Waals surface area contributed by atoms with Crippen LogP contribution in [0.3, 0.4) is 0 Å². The van der Waals surface area contributed by atoms with E-state index < -0.39 is 0 Å². The highest BCUT2D eigenvalue weighted by Gasteiger charge is 2.15. The summed E-state index contributed by atoms with van der Waals surface area (Å²) in [5, 5.41) is 7.04. The van der Waals surface area contributed by atoms with Crippen molar-refractivity contribution in [1.29, 1.82) is 0 Å². The first kappa shape index (κ1) is 16.6. The second-order valence-electron chi connectivity index (χ2n) is 6.32. The fourth-order valence-electron chi connectivity index (χ4n) is 3.04. The Morgan fingerprint density at radius 3 is 2.46 bits per heavy atom. The third-order valence-corrected chi connectivity index (χ3v) is 5.36. The predicted molar refractivity (Wildman–Crippen MR) is 108 cm³/mol. The number of hydrogen-bond acceptors (Lipinski definition) is 3. The van der Waals surface area contributed by atoms with Crippen LogP contribution in [0.1, 0.15) is 11.1 Å². The maximum absolute atomic E-state index is 5.28. The van der Waals surface area contributed by atoms with Gasteiger partial charge in [-0.25, -0.2) is 4.68 Å². The van der Waals surface area contributed by atoms with Crippen LogP contribution in [-0.4, -0.2) is 16.9 Å². The predicted octanol–water partition coefficient (Wildman–Crippen LogP) is 5.89. The fourth-order valence-corrected chi connectivity index (χ4v) is 3.77. The van der Waals surface area contributed by atoms with Crippen molar-refractivity contribution in [3.05, 3.63) is 77.2 Å². The molecule has 4 aromatic rings. The topological polar surface area (TPSA) is 27.1 Å². The zero-order valence-corrected chi connectivity index (χ0v) is 15.9. The minimum absolute atomic E-state index is 0.841. The van der Waals surface area contributed by atoms with Gasteiger partial charge < -0.3 is 4.74 Å². The van der Waals surface area contributed by atoms with Gasteiger partial charge >= 0.3 is 0 Å². The van der Waals surface area contributed by atoms with Crippen LogP contribution in [0.5, 0.6) is 5.75 Å². The van der Waals surface area contributed by atoms with E-state index in [0.717, 1.165) is 22.8 Å². The molecule has 0 spiro atoms. The molecule has 0 aliphatic rings. The van der Waals surface area contributed by atoms with Gasteiger partial charge in [0.15, 0.2) is 0 Å². The average molecular weight is 360 g/mol. The Labute approximate surface area is 157 Å². The van der Waals surface area contributed by atoms with E-state index in [-0.39, 0.29) is 0 Å². The third-order valence-electron chi connectivity index (χ3n) is 4.47. The lowest BCUT2D eigenvalue weighted by Crippen LogP contribution is -1.99. The highest BCUT2D eigenvalue weighted by Crippen LogP contribution is 2.33. The van der Waals surface area contributed by atoms with Gasteiger partial charge in [0, 0.05) is 5.56 Å². The summed E-state index contributed by atoms with van der Waals surface area (Å²) in [4.78, 5) is 1.20. The molecule has 0 saturated heterocycles. The molecule has 26 heavy (non-hydrogen) atoms. The van der Waals surface area contributed by atoms with E-state index in [9.17, 15) is 0 Å². The van der Waals surface area contributed by atoms with Crippen molar-refractivity contribution in [2.24, 2.45) is 0 Å². The smallest absolute Gasteiger partial charge is 0.119 e. The minimum atomic E-state index is 0.841. The van der Waals surface area contributed by atoms with Crippen molar-refractivity contribution in [1.82, 2.24) is 9.78 Å². The Kier molecular flexibility index (Phi) is 4.35. The van der Waals surface area contributed by atoms with Crippen LogP contribution < -0.4 is 4.74 Å². The number of aryl methyl sites for hydroxylation is 2. The quantitative estimate of drug-likeness (QED) is 0.453. The summed E-state index contributed by atoms with van der Waals surface area (Å²) in [7, 11) is 1.68. The molecule has 2 aromatic carbocycles. The first-order valence-corrected chi connectivity index (χ1v) is 9.39. The number of hydrogen-bond donors (Lipinski definition) is 0. The minimum Gasteiger partial charge on any atom is -0.497 e. The SMILES string of the molecule is COc1ccc(-n2nc(-c3cc(C)ccc3C)cc2-c2cccs2)cc1. The standard InChI is InChI=1S/C22H20N2OS/c1-15-6-7-16(2)19(13-15)20-14-21(22-5-4-12-26-22)24(23-20)17-8-10-18(25-3)11-9-17/h4-14H,1-3H3. The molecule has 0 unspecified atom stereocenters. The summed E-state index contributed by atoms with van der Waals surface area (Å²) >= 11 is 1.72. The zero-order valence-electron chi connectivity index (χ0n) is 15.1. The second kappa shape index (κ2) is 6.81. The van der Waals surface area contributed by atoms with Crippen LogP contribution in [-0.2, 0) is 0 Å². The van der Waals surface area contributed by atoms with Gasteiger partial charge in [0.2, 0.25) is 0 Å². The van der Waals surface area contributed by atoms with E-state index in [1.807, 2.05) is 28.9 Å². The van der Waals surface area contributed by atoms with E-state index in [1.165, 1.54) is 21.6 Å². The largest absolute Gasteiger partial charge is 0.497 e. The Hall–Kier alpha value is -2.85. The second-order valence-corrected chi connectivity index (χ2v) is 7.27. The van der Waals surface area contributed by atoms with Crippen molar-refractivity contribution in [3.63, 3.8) is 0 Å². The normalized spacial score (nSPS) is 10.9. The molecule has 2 heterocycles. The van der Waals surface area contributed by atoms with Gasteiger partial charge in [-0.1, -0.05) is 23.8 Å². The summed E-state index contributed by atoms with van der Waals surface area (Å²) in [6, 6.07) is 20.9. The molecule has 0 aliphatic heterocycles. The van der Waals surface area contributed by atoms with Crippen molar-refractivity contribution in [2.75, 3.05) is 7.11 Å². The van der Waals surface area contributed by atoms with Gasteiger partial charge in [0.25, 0.3) is 0 Å². The molecule has 2 aromatic heterocycles. The average Bonchev–Trinajstić information content (AvgIpc) is 3.33. The lowest BCUT2D eigenvalue weighted by atomic mass is 10.0. The highest BCUT2D eigenvalue weighted by molar-refractivity contribution is 7.13. The third kappa shape index (κ3) is 3.04. The number of ether oxygens (including phenoxy) is 1. The molecule has 4 heteroatoms. The van der Waals surface area contributed by atoms with Gasteiger partial charge in [-0.05, 0) is 67.3 Å². The summed E-state index contributed by atoms with van der Waals surface area (Å²) in [6.45, 7) is 4.25. The first-order valence-electron chi connectivity index (χ1n) is 8.52. The molecule has 0 atom stereocenters. The highest BCUT2D eigenvalue weighted by atomic mass is 32.1.